The number of piperidine rings is 1. The molecule has 146 valence electrons. The Morgan fingerprint density at radius 2 is 2.04 bits per heavy atom. The van der Waals surface area contributed by atoms with Crippen LogP contribution in [0.15, 0.2) is 12.3 Å². The molecule has 27 heavy (non-hydrogen) atoms. The van der Waals surface area contributed by atoms with Gasteiger partial charge in [0.15, 0.2) is 5.82 Å². The molecule has 3 rings (SSSR count). The molecule has 0 saturated carbocycles. The number of halogens is 2. The predicted molar refractivity (Wildman–Crippen MR) is 104 cm³/mol. The number of aliphatic hydroxyl groups excluding tert-OH is 1. The van der Waals surface area contributed by atoms with Gasteiger partial charge in [0.1, 0.15) is 10.7 Å². The molecule has 3 heterocycles. The van der Waals surface area contributed by atoms with E-state index in [1.54, 1.807) is 13.0 Å². The van der Waals surface area contributed by atoms with Crippen LogP contribution in [0.3, 0.4) is 0 Å². The maximum Gasteiger partial charge on any atom is 0.232 e. The first-order valence-electron chi connectivity index (χ1n) is 9.06. The Bertz CT molecular complexity index is 837. The highest BCUT2D eigenvalue weighted by Crippen LogP contribution is 2.36. The van der Waals surface area contributed by atoms with E-state index in [1.807, 2.05) is 6.92 Å². The molecule has 1 aliphatic rings. The Morgan fingerprint density at radius 3 is 2.63 bits per heavy atom. The molecule has 0 spiro atoms. The van der Waals surface area contributed by atoms with E-state index in [1.165, 1.54) is 6.20 Å². The topological polar surface area (TPSA) is 88.2 Å². The number of aromatic nitrogens is 3. The summed E-state index contributed by atoms with van der Waals surface area (Å²) in [5, 5.41) is 9.76. The van der Waals surface area contributed by atoms with Gasteiger partial charge in [-0.3, -0.25) is 0 Å². The van der Waals surface area contributed by atoms with Crippen molar-refractivity contribution in [3.63, 3.8) is 0 Å². The quantitative estimate of drug-likeness (QED) is 0.776. The molecule has 0 aromatic carbocycles. The summed E-state index contributed by atoms with van der Waals surface area (Å²) in [7, 11) is 0. The van der Waals surface area contributed by atoms with E-state index >= 15 is 0 Å². The summed E-state index contributed by atoms with van der Waals surface area (Å²) in [4.78, 5) is 14.9. The van der Waals surface area contributed by atoms with Gasteiger partial charge in [-0.05, 0) is 38.2 Å². The zero-order valence-electron chi connectivity index (χ0n) is 15.8. The lowest BCUT2D eigenvalue weighted by atomic mass is 9.75. The Labute approximate surface area is 163 Å². The second-order valence-corrected chi connectivity index (χ2v) is 7.86. The molecule has 8 heteroatoms. The van der Waals surface area contributed by atoms with Crippen LogP contribution in [0.5, 0.6) is 0 Å². The van der Waals surface area contributed by atoms with Crippen LogP contribution in [0, 0.1) is 18.3 Å². The Balaban J connectivity index is 1.95. The van der Waals surface area contributed by atoms with Crippen LogP contribution in [0.2, 0.25) is 5.02 Å². The molecular weight excluding hydrogens is 369 g/mol. The minimum Gasteiger partial charge on any atom is -0.390 e. The van der Waals surface area contributed by atoms with Crippen molar-refractivity contribution in [2.45, 2.75) is 46.3 Å². The maximum atomic E-state index is 13.7. The van der Waals surface area contributed by atoms with Gasteiger partial charge in [-0.1, -0.05) is 18.5 Å². The number of anilines is 1. The lowest BCUT2D eigenvalue weighted by Crippen LogP contribution is -2.47. The lowest BCUT2D eigenvalue weighted by molar-refractivity contribution is 0.204. The molecule has 1 saturated heterocycles. The molecule has 1 unspecified atom stereocenters. The minimum absolute atomic E-state index is 0.0976. The fourth-order valence-corrected chi connectivity index (χ4v) is 3.64. The normalized spacial score (nSPS) is 17.8. The second-order valence-electron chi connectivity index (χ2n) is 7.48. The number of hydrogen-bond acceptors (Lipinski definition) is 6. The van der Waals surface area contributed by atoms with Gasteiger partial charge in [-0.2, -0.15) is 4.39 Å². The van der Waals surface area contributed by atoms with Gasteiger partial charge in [-0.15, -0.1) is 0 Å². The fraction of sp³-hybridized carbons (Fsp3) is 0.526. The Hall–Kier alpha value is -1.83. The fourth-order valence-electron chi connectivity index (χ4n) is 3.44. The van der Waals surface area contributed by atoms with E-state index in [4.69, 9.17) is 17.3 Å². The van der Waals surface area contributed by atoms with Crippen LogP contribution in [-0.2, 0) is 6.61 Å². The number of aryl methyl sites for hydroxylation is 1. The number of rotatable bonds is 4. The van der Waals surface area contributed by atoms with E-state index in [-0.39, 0.29) is 23.1 Å². The van der Waals surface area contributed by atoms with Crippen molar-refractivity contribution >= 4 is 17.4 Å². The van der Waals surface area contributed by atoms with E-state index in [0.717, 1.165) is 25.9 Å². The first-order chi connectivity index (χ1) is 12.8. The average molecular weight is 394 g/mol. The van der Waals surface area contributed by atoms with Crippen molar-refractivity contribution in [1.82, 2.24) is 15.0 Å². The highest BCUT2D eigenvalue weighted by Gasteiger charge is 2.34. The van der Waals surface area contributed by atoms with Gasteiger partial charge in [0, 0.05) is 30.9 Å². The third-order valence-corrected chi connectivity index (χ3v) is 6.04. The smallest absolute Gasteiger partial charge is 0.232 e. The highest BCUT2D eigenvalue weighted by molar-refractivity contribution is 6.33. The summed E-state index contributed by atoms with van der Waals surface area (Å²) < 4.78 is 13.7. The van der Waals surface area contributed by atoms with Crippen molar-refractivity contribution in [2.24, 2.45) is 11.1 Å². The number of aliphatic hydroxyl groups is 1. The molecule has 1 aliphatic heterocycles. The zero-order chi connectivity index (χ0) is 19.8. The second kappa shape index (κ2) is 7.66. The molecular formula is C19H25ClFN5O. The van der Waals surface area contributed by atoms with Gasteiger partial charge in [0.05, 0.1) is 18.0 Å². The number of nitrogens with two attached hydrogens (primary N) is 1. The molecule has 3 N–H and O–H groups in total. The number of pyridine rings is 1. The number of nitrogens with zero attached hydrogens (tertiary/aromatic N) is 4. The SMILES string of the molecule is Cc1nc(N2CCC(C)(C(C)N)CC2)c(CO)nc1-c1ccnc(F)c1Cl. The third-order valence-electron chi connectivity index (χ3n) is 5.68. The predicted octanol–water partition coefficient (Wildman–Crippen LogP) is 3.09. The molecule has 0 bridgehead atoms. The monoisotopic (exact) mass is 393 g/mol. The van der Waals surface area contributed by atoms with Crippen molar-refractivity contribution in [3.8, 4) is 11.3 Å². The van der Waals surface area contributed by atoms with Crippen molar-refractivity contribution in [3.05, 3.63) is 34.6 Å². The van der Waals surface area contributed by atoms with Crippen LogP contribution in [0.4, 0.5) is 10.2 Å². The highest BCUT2D eigenvalue weighted by atomic mass is 35.5. The maximum absolute atomic E-state index is 13.7. The van der Waals surface area contributed by atoms with Gasteiger partial charge in [0.25, 0.3) is 0 Å². The lowest BCUT2D eigenvalue weighted by Gasteiger charge is -2.42. The Kier molecular flexibility index (Phi) is 5.65. The van der Waals surface area contributed by atoms with E-state index in [9.17, 15) is 9.50 Å². The van der Waals surface area contributed by atoms with Crippen LogP contribution in [-0.4, -0.2) is 39.2 Å². The van der Waals surface area contributed by atoms with Gasteiger partial charge in [-0.25, -0.2) is 15.0 Å². The molecule has 0 amide bonds. The summed E-state index contributed by atoms with van der Waals surface area (Å²) in [6.07, 6.45) is 3.22. The van der Waals surface area contributed by atoms with Crippen LogP contribution in [0.25, 0.3) is 11.3 Å². The first kappa shape index (κ1) is 19.9. The third kappa shape index (κ3) is 3.77. The van der Waals surface area contributed by atoms with Crippen LogP contribution in [0.1, 0.15) is 38.1 Å². The van der Waals surface area contributed by atoms with Crippen LogP contribution < -0.4 is 10.6 Å². The average Bonchev–Trinajstić information content (AvgIpc) is 2.64. The zero-order valence-corrected chi connectivity index (χ0v) is 16.6. The number of hydrogen-bond donors (Lipinski definition) is 2. The summed E-state index contributed by atoms with van der Waals surface area (Å²) in [5.41, 5.74) is 8.18. The van der Waals surface area contributed by atoms with Crippen molar-refractivity contribution in [2.75, 3.05) is 18.0 Å². The van der Waals surface area contributed by atoms with Gasteiger partial charge < -0.3 is 15.7 Å². The summed E-state index contributed by atoms with van der Waals surface area (Å²) in [5.74, 6) is -0.0904. The first-order valence-corrected chi connectivity index (χ1v) is 9.44. The molecule has 2 aromatic heterocycles. The largest absolute Gasteiger partial charge is 0.390 e. The summed E-state index contributed by atoms with van der Waals surface area (Å²) >= 11 is 6.05. The molecule has 2 aromatic rings. The Morgan fingerprint density at radius 1 is 1.37 bits per heavy atom. The summed E-state index contributed by atoms with van der Waals surface area (Å²) in [6.45, 7) is 7.39. The molecule has 0 radical (unpaired) electrons. The summed E-state index contributed by atoms with van der Waals surface area (Å²) in [6, 6.07) is 1.72. The van der Waals surface area contributed by atoms with E-state index in [0.29, 0.717) is 28.5 Å². The minimum atomic E-state index is -0.754. The van der Waals surface area contributed by atoms with Gasteiger partial charge in [0.2, 0.25) is 5.95 Å². The standard InChI is InChI=1S/C19H25ClFN5O/c1-11-16(13-4-7-23-17(21)15(13)20)25-14(10-27)18(24-11)26-8-5-19(3,6-9-26)12(2)22/h4,7,12,27H,5-6,8-10,22H2,1-3H3. The van der Waals surface area contributed by atoms with Crippen molar-refractivity contribution in [1.29, 1.82) is 0 Å². The van der Waals surface area contributed by atoms with E-state index in [2.05, 4.69) is 26.8 Å². The molecule has 0 aliphatic carbocycles. The van der Waals surface area contributed by atoms with E-state index < -0.39 is 5.95 Å². The van der Waals surface area contributed by atoms with Crippen LogP contribution >= 0.6 is 11.6 Å². The van der Waals surface area contributed by atoms with Gasteiger partial charge >= 0.3 is 0 Å². The van der Waals surface area contributed by atoms with Crippen molar-refractivity contribution < 1.29 is 9.50 Å². The molecule has 6 nitrogen and oxygen atoms in total. The molecule has 1 fully saturated rings. The molecule has 1 atom stereocenters.